The van der Waals surface area contributed by atoms with Crippen LogP contribution < -0.4 is 5.32 Å². The average Bonchev–Trinajstić information content (AvgIpc) is 2.73. The Labute approximate surface area is 139 Å². The summed E-state index contributed by atoms with van der Waals surface area (Å²) in [6.07, 6.45) is 2.40. The van der Waals surface area contributed by atoms with Crippen LogP contribution in [0.3, 0.4) is 0 Å². The van der Waals surface area contributed by atoms with Crippen molar-refractivity contribution in [3.05, 3.63) is 12.7 Å². The summed E-state index contributed by atoms with van der Waals surface area (Å²) in [4.78, 5) is 37.5. The predicted octanol–water partition coefficient (Wildman–Crippen LogP) is 0.948. The molecule has 2 rings (SSSR count). The number of β-lactam (4-membered cyclic amide) rings is 1. The first kappa shape index (κ1) is 17.8. The zero-order valence-corrected chi connectivity index (χ0v) is 14.3. The number of rotatable bonds is 7. The Morgan fingerprint density at radius 1 is 1.52 bits per heavy atom. The van der Waals surface area contributed by atoms with E-state index in [2.05, 4.69) is 11.9 Å². The van der Waals surface area contributed by atoms with E-state index in [1.807, 2.05) is 6.92 Å². The van der Waals surface area contributed by atoms with Gasteiger partial charge in [-0.3, -0.25) is 9.59 Å². The molecule has 8 heteroatoms. The fourth-order valence-corrected chi connectivity index (χ4v) is 4.64. The van der Waals surface area contributed by atoms with Crippen LogP contribution >= 0.6 is 11.8 Å². The molecule has 2 heterocycles. The summed E-state index contributed by atoms with van der Waals surface area (Å²) in [5, 5.41) is 11.6. The van der Waals surface area contributed by atoms with E-state index in [0.717, 1.165) is 0 Å². The standard InChI is InChI=1S/C15H22N2O5S/c1-5-7-9(18)16-15(22-8-6-2)12(21)17-10(11(19)20)14(3,4)23-13(15)17/h6,10,13H,2,5,7-8H2,1,3-4H3,(H,16,18)(H,19,20)/t10-,13+,15-/m0/s1. The van der Waals surface area contributed by atoms with Crippen molar-refractivity contribution in [1.82, 2.24) is 10.2 Å². The number of thioether (sulfide) groups is 1. The van der Waals surface area contributed by atoms with Gasteiger partial charge >= 0.3 is 5.97 Å². The first-order chi connectivity index (χ1) is 10.7. The topological polar surface area (TPSA) is 95.9 Å². The molecule has 2 aliphatic rings. The maximum absolute atomic E-state index is 12.7. The zero-order chi connectivity index (χ0) is 17.4. The number of hydrogen-bond donors (Lipinski definition) is 2. The second kappa shape index (κ2) is 6.16. The third kappa shape index (κ3) is 2.74. The Balaban J connectivity index is 2.31. The molecule has 2 amide bonds. The van der Waals surface area contributed by atoms with Crippen molar-refractivity contribution in [3.8, 4) is 0 Å². The van der Waals surface area contributed by atoms with Crippen molar-refractivity contribution >= 4 is 29.5 Å². The van der Waals surface area contributed by atoms with Gasteiger partial charge in [0.15, 0.2) is 0 Å². The largest absolute Gasteiger partial charge is 0.480 e. The van der Waals surface area contributed by atoms with Gasteiger partial charge in [-0.1, -0.05) is 13.0 Å². The molecule has 23 heavy (non-hydrogen) atoms. The van der Waals surface area contributed by atoms with Crippen molar-refractivity contribution in [2.75, 3.05) is 6.61 Å². The van der Waals surface area contributed by atoms with E-state index < -0.39 is 33.8 Å². The molecule has 0 aromatic heterocycles. The van der Waals surface area contributed by atoms with Crippen LogP contribution in [0.4, 0.5) is 0 Å². The molecule has 128 valence electrons. The van der Waals surface area contributed by atoms with Crippen LogP contribution in [0, 0.1) is 0 Å². The van der Waals surface area contributed by atoms with E-state index in [1.165, 1.54) is 22.7 Å². The Kier molecular flexibility index (Phi) is 4.77. The molecule has 3 atom stereocenters. The first-order valence-corrected chi connectivity index (χ1v) is 8.38. The Hall–Kier alpha value is -1.54. The minimum atomic E-state index is -1.51. The zero-order valence-electron chi connectivity index (χ0n) is 13.5. The van der Waals surface area contributed by atoms with Gasteiger partial charge in [0.1, 0.15) is 11.4 Å². The van der Waals surface area contributed by atoms with Gasteiger partial charge in [-0.25, -0.2) is 4.79 Å². The minimum Gasteiger partial charge on any atom is -0.480 e. The Morgan fingerprint density at radius 2 is 2.17 bits per heavy atom. The lowest BCUT2D eigenvalue weighted by atomic mass is 9.93. The maximum atomic E-state index is 12.7. The molecule has 0 saturated carbocycles. The summed E-state index contributed by atoms with van der Waals surface area (Å²) in [6.45, 7) is 9.05. The van der Waals surface area contributed by atoms with Gasteiger partial charge in [0.25, 0.3) is 11.6 Å². The quantitative estimate of drug-likeness (QED) is 0.406. The highest BCUT2D eigenvalue weighted by atomic mass is 32.2. The summed E-state index contributed by atoms with van der Waals surface area (Å²) in [7, 11) is 0. The van der Waals surface area contributed by atoms with Crippen LogP contribution in [-0.4, -0.2) is 56.3 Å². The first-order valence-electron chi connectivity index (χ1n) is 7.50. The molecule has 2 fully saturated rings. The van der Waals surface area contributed by atoms with Crippen LogP contribution in [0.2, 0.25) is 0 Å². The van der Waals surface area contributed by atoms with Gasteiger partial charge in [0.2, 0.25) is 5.91 Å². The fourth-order valence-electron chi connectivity index (χ4n) is 3.00. The highest BCUT2D eigenvalue weighted by molar-refractivity contribution is 8.01. The van der Waals surface area contributed by atoms with E-state index in [-0.39, 0.29) is 18.9 Å². The Bertz CT molecular complexity index is 550. The van der Waals surface area contributed by atoms with E-state index >= 15 is 0 Å². The highest BCUT2D eigenvalue weighted by Gasteiger charge is 2.73. The van der Waals surface area contributed by atoms with Crippen LogP contribution in [-0.2, 0) is 19.1 Å². The summed E-state index contributed by atoms with van der Waals surface area (Å²) >= 11 is 1.33. The lowest BCUT2D eigenvalue weighted by Gasteiger charge is -2.52. The molecule has 0 spiro atoms. The lowest BCUT2D eigenvalue weighted by Crippen LogP contribution is -2.80. The van der Waals surface area contributed by atoms with Crippen LogP contribution in [0.1, 0.15) is 33.6 Å². The number of nitrogens with one attached hydrogen (secondary N) is 1. The molecule has 0 aromatic carbocycles. The Morgan fingerprint density at radius 3 is 2.70 bits per heavy atom. The monoisotopic (exact) mass is 342 g/mol. The normalized spacial score (nSPS) is 31.3. The molecule has 2 saturated heterocycles. The lowest BCUT2D eigenvalue weighted by molar-refractivity contribution is -0.204. The SMILES string of the molecule is C=CCO[C@@]1(NC(=O)CCC)C(=O)N2[C@@H](C(=O)O)C(C)(C)S[C@@H]21. The van der Waals surface area contributed by atoms with Gasteiger partial charge in [-0.05, 0) is 20.3 Å². The molecule has 7 nitrogen and oxygen atoms in total. The van der Waals surface area contributed by atoms with Crippen LogP contribution in [0.5, 0.6) is 0 Å². The number of nitrogens with zero attached hydrogens (tertiary/aromatic N) is 1. The average molecular weight is 342 g/mol. The third-order valence-corrected chi connectivity index (χ3v) is 5.58. The van der Waals surface area contributed by atoms with Gasteiger partial charge < -0.3 is 20.1 Å². The van der Waals surface area contributed by atoms with Crippen molar-refractivity contribution in [3.63, 3.8) is 0 Å². The van der Waals surface area contributed by atoms with E-state index in [9.17, 15) is 19.5 Å². The van der Waals surface area contributed by atoms with Crippen LogP contribution in [0.15, 0.2) is 12.7 Å². The molecule has 2 N–H and O–H groups in total. The number of carboxylic acid groups (broad SMARTS) is 1. The van der Waals surface area contributed by atoms with Gasteiger partial charge in [0.05, 0.1) is 6.61 Å². The maximum Gasteiger partial charge on any atom is 0.327 e. The summed E-state index contributed by atoms with van der Waals surface area (Å²) < 4.78 is 4.94. The molecule has 0 aliphatic carbocycles. The number of hydrogen-bond acceptors (Lipinski definition) is 5. The van der Waals surface area contributed by atoms with E-state index in [0.29, 0.717) is 6.42 Å². The second-order valence-corrected chi connectivity index (χ2v) is 7.89. The summed E-state index contributed by atoms with van der Waals surface area (Å²) in [5.74, 6) is -1.86. The number of carbonyl (C=O) groups excluding carboxylic acids is 2. The van der Waals surface area contributed by atoms with Crippen molar-refractivity contribution in [2.45, 2.75) is 55.5 Å². The molecule has 0 aromatic rings. The summed E-state index contributed by atoms with van der Waals surface area (Å²) in [5.41, 5.74) is -1.51. The van der Waals surface area contributed by atoms with Crippen LogP contribution in [0.25, 0.3) is 0 Å². The van der Waals surface area contributed by atoms with Crippen molar-refractivity contribution in [2.24, 2.45) is 0 Å². The van der Waals surface area contributed by atoms with Crippen molar-refractivity contribution in [1.29, 1.82) is 0 Å². The highest BCUT2D eigenvalue weighted by Crippen LogP contribution is 2.55. The minimum absolute atomic E-state index is 0.0845. The van der Waals surface area contributed by atoms with Gasteiger partial charge in [0, 0.05) is 11.2 Å². The van der Waals surface area contributed by atoms with Gasteiger partial charge in [-0.15, -0.1) is 18.3 Å². The summed E-state index contributed by atoms with van der Waals surface area (Å²) in [6, 6.07) is -0.950. The fraction of sp³-hybridized carbons (Fsp3) is 0.667. The number of carbonyl (C=O) groups is 3. The van der Waals surface area contributed by atoms with E-state index in [1.54, 1.807) is 13.8 Å². The molecule has 0 radical (unpaired) electrons. The number of amides is 2. The van der Waals surface area contributed by atoms with Gasteiger partial charge in [-0.2, -0.15) is 0 Å². The number of fused-ring (bicyclic) bond motifs is 1. The van der Waals surface area contributed by atoms with E-state index in [4.69, 9.17) is 4.74 Å². The number of ether oxygens (including phenoxy) is 1. The second-order valence-electron chi connectivity index (χ2n) is 6.16. The number of carboxylic acids is 1. The molecule has 0 unspecified atom stereocenters. The molecular weight excluding hydrogens is 320 g/mol. The molecular formula is C15H22N2O5S. The predicted molar refractivity (Wildman–Crippen MR) is 85.7 cm³/mol. The smallest absolute Gasteiger partial charge is 0.327 e. The molecule has 2 aliphatic heterocycles. The third-order valence-electron chi connectivity index (χ3n) is 3.97. The van der Waals surface area contributed by atoms with Crippen molar-refractivity contribution < 1.29 is 24.2 Å². The molecule has 0 bridgehead atoms. The number of aliphatic carboxylic acids is 1.